The van der Waals surface area contributed by atoms with E-state index in [1.54, 1.807) is 0 Å². The van der Waals surface area contributed by atoms with Crippen LogP contribution in [0.5, 0.6) is 5.75 Å². The standard InChI is InChI=1S/C19H21ClN4O3/c1-11-6-12(2)8-13(7-11)17-23-22-15(27-17)10-26-14-9-21-24(19(3,4)5)18(25)16(14)20/h6-9H,10H2,1-5H3. The van der Waals surface area contributed by atoms with Gasteiger partial charge in [0.15, 0.2) is 17.4 Å². The van der Waals surface area contributed by atoms with Gasteiger partial charge >= 0.3 is 0 Å². The first kappa shape index (κ1) is 19.1. The third kappa shape index (κ3) is 4.19. The summed E-state index contributed by atoms with van der Waals surface area (Å²) in [6, 6.07) is 6.01. The summed E-state index contributed by atoms with van der Waals surface area (Å²) in [6.07, 6.45) is 1.41. The summed E-state index contributed by atoms with van der Waals surface area (Å²) in [5, 5.41) is 12.1. The van der Waals surface area contributed by atoms with Crippen molar-refractivity contribution in [2.24, 2.45) is 0 Å². The van der Waals surface area contributed by atoms with Crippen molar-refractivity contribution in [3.05, 3.63) is 56.8 Å². The average Bonchev–Trinajstić information content (AvgIpc) is 3.03. The fourth-order valence-electron chi connectivity index (χ4n) is 2.66. The van der Waals surface area contributed by atoms with Crippen LogP contribution in [0.25, 0.3) is 11.5 Å². The largest absolute Gasteiger partial charge is 0.480 e. The fourth-order valence-corrected chi connectivity index (χ4v) is 2.85. The minimum atomic E-state index is -0.480. The SMILES string of the molecule is Cc1cc(C)cc(-c2nnc(COc3cnn(C(C)(C)C)c(=O)c3Cl)o2)c1. The first-order valence-electron chi connectivity index (χ1n) is 8.47. The van der Waals surface area contributed by atoms with Crippen LogP contribution in [0.3, 0.4) is 0 Å². The number of ether oxygens (including phenoxy) is 1. The zero-order valence-electron chi connectivity index (χ0n) is 15.9. The van der Waals surface area contributed by atoms with Crippen molar-refractivity contribution in [1.82, 2.24) is 20.0 Å². The van der Waals surface area contributed by atoms with Crippen LogP contribution in [0, 0.1) is 13.8 Å². The molecule has 0 N–H and O–H groups in total. The second-order valence-corrected chi connectivity index (χ2v) is 7.75. The molecule has 0 spiro atoms. The number of aromatic nitrogens is 4. The van der Waals surface area contributed by atoms with Crippen molar-refractivity contribution in [2.45, 2.75) is 46.8 Å². The van der Waals surface area contributed by atoms with E-state index >= 15 is 0 Å². The molecule has 1 aromatic carbocycles. The molecule has 0 unspecified atom stereocenters. The lowest BCUT2D eigenvalue weighted by atomic mass is 10.1. The molecule has 0 bridgehead atoms. The number of hydrogen-bond donors (Lipinski definition) is 0. The monoisotopic (exact) mass is 388 g/mol. The zero-order chi connectivity index (χ0) is 19.8. The van der Waals surface area contributed by atoms with Gasteiger partial charge in [-0.05, 0) is 46.8 Å². The van der Waals surface area contributed by atoms with Crippen LogP contribution in [0.2, 0.25) is 5.02 Å². The normalized spacial score (nSPS) is 11.6. The maximum atomic E-state index is 12.3. The van der Waals surface area contributed by atoms with Crippen molar-refractivity contribution in [3.8, 4) is 17.2 Å². The second-order valence-electron chi connectivity index (χ2n) is 7.38. The highest BCUT2D eigenvalue weighted by Gasteiger charge is 2.20. The molecule has 27 heavy (non-hydrogen) atoms. The van der Waals surface area contributed by atoms with Crippen molar-refractivity contribution in [1.29, 1.82) is 0 Å². The molecule has 3 rings (SSSR count). The summed E-state index contributed by atoms with van der Waals surface area (Å²) in [5.41, 5.74) is 2.17. The van der Waals surface area contributed by atoms with Gasteiger partial charge in [0.05, 0.1) is 11.7 Å². The van der Waals surface area contributed by atoms with Gasteiger partial charge in [0.1, 0.15) is 0 Å². The van der Waals surface area contributed by atoms with E-state index in [2.05, 4.69) is 21.4 Å². The van der Waals surface area contributed by atoms with Gasteiger partial charge in [0.25, 0.3) is 11.4 Å². The zero-order valence-corrected chi connectivity index (χ0v) is 16.7. The molecule has 0 saturated carbocycles. The smallest absolute Gasteiger partial charge is 0.289 e. The fraction of sp³-hybridized carbons (Fsp3) is 0.368. The second kappa shape index (κ2) is 7.15. The summed E-state index contributed by atoms with van der Waals surface area (Å²) < 4.78 is 12.5. The lowest BCUT2D eigenvalue weighted by Gasteiger charge is -2.20. The van der Waals surface area contributed by atoms with Gasteiger partial charge in [-0.2, -0.15) is 5.10 Å². The van der Waals surface area contributed by atoms with Gasteiger partial charge in [-0.1, -0.05) is 28.8 Å². The number of halogens is 1. The third-order valence-corrected chi connectivity index (χ3v) is 4.16. The van der Waals surface area contributed by atoms with E-state index in [4.69, 9.17) is 20.8 Å². The Balaban J connectivity index is 1.78. The molecule has 7 nitrogen and oxygen atoms in total. The Morgan fingerprint density at radius 3 is 2.44 bits per heavy atom. The van der Waals surface area contributed by atoms with Crippen molar-refractivity contribution in [3.63, 3.8) is 0 Å². The molecule has 0 aliphatic carbocycles. The molecule has 0 aliphatic heterocycles. The van der Waals surface area contributed by atoms with Crippen molar-refractivity contribution >= 4 is 11.6 Å². The molecule has 0 saturated heterocycles. The first-order valence-corrected chi connectivity index (χ1v) is 8.85. The number of benzene rings is 1. The molecule has 0 amide bonds. The predicted octanol–water partition coefficient (Wildman–Crippen LogP) is 3.90. The minimum absolute atomic E-state index is 0.0157. The Morgan fingerprint density at radius 1 is 1.15 bits per heavy atom. The minimum Gasteiger partial charge on any atom is -0.480 e. The molecule has 0 fully saturated rings. The Morgan fingerprint density at radius 2 is 1.81 bits per heavy atom. The number of nitrogens with zero attached hydrogens (tertiary/aromatic N) is 4. The van der Waals surface area contributed by atoms with Crippen LogP contribution in [-0.4, -0.2) is 20.0 Å². The van der Waals surface area contributed by atoms with Gasteiger partial charge in [0, 0.05) is 5.56 Å². The number of hydrogen-bond acceptors (Lipinski definition) is 6. The maximum Gasteiger partial charge on any atom is 0.289 e. The van der Waals surface area contributed by atoms with Gasteiger partial charge in [-0.25, -0.2) is 4.68 Å². The molecule has 0 radical (unpaired) electrons. The van der Waals surface area contributed by atoms with Crippen LogP contribution in [0.4, 0.5) is 0 Å². The van der Waals surface area contributed by atoms with Crippen LogP contribution < -0.4 is 10.3 Å². The Kier molecular flexibility index (Phi) is 5.06. The molecule has 142 valence electrons. The number of aryl methyl sites for hydroxylation is 2. The van der Waals surface area contributed by atoms with Crippen LogP contribution in [0.1, 0.15) is 37.8 Å². The summed E-state index contributed by atoms with van der Waals surface area (Å²) >= 11 is 6.14. The van der Waals surface area contributed by atoms with Gasteiger partial charge in [-0.3, -0.25) is 4.79 Å². The van der Waals surface area contributed by atoms with Crippen molar-refractivity contribution < 1.29 is 9.15 Å². The topological polar surface area (TPSA) is 83.0 Å². The average molecular weight is 389 g/mol. The Bertz CT molecular complexity index is 1010. The first-order chi connectivity index (χ1) is 12.6. The maximum absolute atomic E-state index is 12.3. The Labute approximate surface area is 161 Å². The van der Waals surface area contributed by atoms with Crippen LogP contribution >= 0.6 is 11.6 Å². The molecule has 8 heteroatoms. The van der Waals surface area contributed by atoms with Gasteiger partial charge < -0.3 is 9.15 Å². The lowest BCUT2D eigenvalue weighted by molar-refractivity contribution is 0.258. The van der Waals surface area contributed by atoms with E-state index in [-0.39, 0.29) is 23.3 Å². The van der Waals surface area contributed by atoms with Crippen LogP contribution in [-0.2, 0) is 12.1 Å². The summed E-state index contributed by atoms with van der Waals surface area (Å²) in [5.74, 6) is 0.862. The third-order valence-electron chi connectivity index (χ3n) is 3.81. The van der Waals surface area contributed by atoms with E-state index in [0.717, 1.165) is 16.7 Å². The van der Waals surface area contributed by atoms with E-state index in [0.29, 0.717) is 5.89 Å². The predicted molar refractivity (Wildman–Crippen MR) is 102 cm³/mol. The van der Waals surface area contributed by atoms with Crippen molar-refractivity contribution in [2.75, 3.05) is 0 Å². The van der Waals surface area contributed by atoms with E-state index in [1.807, 2.05) is 46.8 Å². The quantitative estimate of drug-likeness (QED) is 0.674. The van der Waals surface area contributed by atoms with E-state index < -0.39 is 11.1 Å². The highest BCUT2D eigenvalue weighted by Crippen LogP contribution is 2.24. The van der Waals surface area contributed by atoms with E-state index in [9.17, 15) is 4.79 Å². The summed E-state index contributed by atoms with van der Waals surface area (Å²) in [6.45, 7) is 9.59. The van der Waals surface area contributed by atoms with Gasteiger partial charge in [0.2, 0.25) is 5.89 Å². The van der Waals surface area contributed by atoms with Gasteiger partial charge in [-0.15, -0.1) is 10.2 Å². The molecule has 0 aliphatic rings. The molecule has 2 heterocycles. The molecular weight excluding hydrogens is 368 g/mol. The molecule has 2 aromatic heterocycles. The Hall–Kier alpha value is -2.67. The highest BCUT2D eigenvalue weighted by atomic mass is 35.5. The molecule has 3 aromatic rings. The van der Waals surface area contributed by atoms with E-state index in [1.165, 1.54) is 10.9 Å². The number of rotatable bonds is 4. The lowest BCUT2D eigenvalue weighted by Crippen LogP contribution is -2.36. The molecule has 0 atom stereocenters. The highest BCUT2D eigenvalue weighted by molar-refractivity contribution is 6.31. The summed E-state index contributed by atoms with van der Waals surface area (Å²) in [4.78, 5) is 12.3. The summed E-state index contributed by atoms with van der Waals surface area (Å²) in [7, 11) is 0. The molecular formula is C19H21ClN4O3. The van der Waals surface area contributed by atoms with Crippen LogP contribution in [0.15, 0.2) is 33.6 Å².